The molecule has 1 rings (SSSR count). The second-order valence-electron chi connectivity index (χ2n) is 3.35. The number of nitrogens with zero attached hydrogens (tertiary/aromatic N) is 1. The zero-order chi connectivity index (χ0) is 11.3. The first kappa shape index (κ1) is 11.8. The molecule has 2 N–H and O–H groups in total. The first-order chi connectivity index (χ1) is 7.16. The highest BCUT2D eigenvalue weighted by atomic mass is 16.5. The van der Waals surface area contributed by atoms with Gasteiger partial charge in [0.1, 0.15) is 0 Å². The average molecular weight is 216 g/mol. The third-order valence-corrected chi connectivity index (χ3v) is 2.20. The van der Waals surface area contributed by atoms with Crippen molar-refractivity contribution in [1.29, 1.82) is 0 Å². The van der Waals surface area contributed by atoms with Gasteiger partial charge in [0.2, 0.25) is 0 Å². The zero-order valence-electron chi connectivity index (χ0n) is 8.73. The standard InChI is InChI=1S/C9H16N2O4/c1-2-3-10-9(14)11-4-5-15-6-7(11)8(12)13/h7H,2-6H2,1H3,(H,10,14)(H,12,13). The monoisotopic (exact) mass is 216 g/mol. The minimum atomic E-state index is -1.03. The summed E-state index contributed by atoms with van der Waals surface area (Å²) in [6.45, 7) is 3.28. The van der Waals surface area contributed by atoms with E-state index in [9.17, 15) is 9.59 Å². The van der Waals surface area contributed by atoms with Crippen molar-refractivity contribution >= 4 is 12.0 Å². The van der Waals surface area contributed by atoms with E-state index in [0.717, 1.165) is 6.42 Å². The van der Waals surface area contributed by atoms with Crippen molar-refractivity contribution in [2.75, 3.05) is 26.3 Å². The number of carboxylic acids is 1. The Morgan fingerprint density at radius 3 is 2.93 bits per heavy atom. The van der Waals surface area contributed by atoms with Gasteiger partial charge in [-0.2, -0.15) is 0 Å². The van der Waals surface area contributed by atoms with Crippen molar-refractivity contribution < 1.29 is 19.4 Å². The largest absolute Gasteiger partial charge is 0.480 e. The quantitative estimate of drug-likeness (QED) is 0.690. The van der Waals surface area contributed by atoms with E-state index in [1.165, 1.54) is 4.90 Å². The highest BCUT2D eigenvalue weighted by Crippen LogP contribution is 2.07. The van der Waals surface area contributed by atoms with Crippen LogP contribution in [-0.4, -0.2) is 54.4 Å². The van der Waals surface area contributed by atoms with Gasteiger partial charge >= 0.3 is 12.0 Å². The summed E-state index contributed by atoms with van der Waals surface area (Å²) in [5.41, 5.74) is 0. The molecule has 0 bridgehead atoms. The Balaban J connectivity index is 2.55. The van der Waals surface area contributed by atoms with Gasteiger partial charge in [-0.3, -0.25) is 0 Å². The summed E-state index contributed by atoms with van der Waals surface area (Å²) < 4.78 is 5.03. The van der Waals surface area contributed by atoms with Gasteiger partial charge in [-0.15, -0.1) is 0 Å². The van der Waals surface area contributed by atoms with Gasteiger partial charge in [-0.05, 0) is 6.42 Å². The number of aliphatic carboxylic acids is 1. The first-order valence-corrected chi connectivity index (χ1v) is 5.01. The van der Waals surface area contributed by atoms with Crippen molar-refractivity contribution in [2.45, 2.75) is 19.4 Å². The fourth-order valence-corrected chi connectivity index (χ4v) is 1.38. The van der Waals surface area contributed by atoms with Gasteiger partial charge in [0, 0.05) is 13.1 Å². The lowest BCUT2D eigenvalue weighted by molar-refractivity contribution is -0.147. The lowest BCUT2D eigenvalue weighted by Gasteiger charge is -2.32. The number of nitrogens with one attached hydrogen (secondary N) is 1. The summed E-state index contributed by atoms with van der Waals surface area (Å²) in [5, 5.41) is 11.5. The molecule has 1 heterocycles. The number of carbonyl (C=O) groups excluding carboxylic acids is 1. The van der Waals surface area contributed by atoms with E-state index in [4.69, 9.17) is 9.84 Å². The Labute approximate surface area is 88.2 Å². The minimum Gasteiger partial charge on any atom is -0.480 e. The Kier molecular flexibility index (Phi) is 4.36. The van der Waals surface area contributed by atoms with E-state index in [1.807, 2.05) is 6.92 Å². The molecule has 0 radical (unpaired) electrons. The van der Waals surface area contributed by atoms with Gasteiger partial charge in [-0.1, -0.05) is 6.92 Å². The van der Waals surface area contributed by atoms with Crippen LogP contribution in [0.2, 0.25) is 0 Å². The van der Waals surface area contributed by atoms with Crippen molar-refractivity contribution in [1.82, 2.24) is 10.2 Å². The first-order valence-electron chi connectivity index (χ1n) is 5.01. The molecular formula is C9H16N2O4. The molecule has 2 amide bonds. The van der Waals surface area contributed by atoms with Crippen LogP contribution in [0.3, 0.4) is 0 Å². The molecule has 1 fully saturated rings. The maximum absolute atomic E-state index is 11.6. The number of urea groups is 1. The molecule has 0 spiro atoms. The number of carboxylic acid groups (broad SMARTS) is 1. The minimum absolute atomic E-state index is 0.0644. The van der Waals surface area contributed by atoms with Crippen LogP contribution in [0, 0.1) is 0 Å². The lowest BCUT2D eigenvalue weighted by atomic mass is 10.2. The summed E-state index contributed by atoms with van der Waals surface area (Å²) in [6.07, 6.45) is 0.827. The van der Waals surface area contributed by atoms with Gasteiger partial charge in [0.15, 0.2) is 6.04 Å². The van der Waals surface area contributed by atoms with E-state index in [2.05, 4.69) is 5.32 Å². The van der Waals surface area contributed by atoms with Gasteiger partial charge < -0.3 is 20.1 Å². The number of amides is 2. The molecule has 0 aromatic carbocycles. The molecule has 86 valence electrons. The Morgan fingerprint density at radius 1 is 1.60 bits per heavy atom. The van der Waals surface area contributed by atoms with Crippen LogP contribution in [-0.2, 0) is 9.53 Å². The van der Waals surface area contributed by atoms with Crippen molar-refractivity contribution in [3.8, 4) is 0 Å². The predicted molar refractivity (Wildman–Crippen MR) is 52.6 cm³/mol. The highest BCUT2D eigenvalue weighted by Gasteiger charge is 2.32. The SMILES string of the molecule is CCCNC(=O)N1CCOCC1C(=O)O. The number of hydrogen-bond acceptors (Lipinski definition) is 3. The van der Waals surface area contributed by atoms with Crippen LogP contribution >= 0.6 is 0 Å². The molecule has 0 aromatic rings. The second kappa shape index (κ2) is 5.55. The van der Waals surface area contributed by atoms with Crippen LogP contribution < -0.4 is 5.32 Å². The third-order valence-electron chi connectivity index (χ3n) is 2.20. The van der Waals surface area contributed by atoms with Crippen molar-refractivity contribution in [3.63, 3.8) is 0 Å². The molecular weight excluding hydrogens is 200 g/mol. The molecule has 1 saturated heterocycles. The Hall–Kier alpha value is -1.30. The van der Waals surface area contributed by atoms with Crippen LogP contribution in [0.4, 0.5) is 4.79 Å². The summed E-state index contributed by atoms with van der Waals surface area (Å²) in [4.78, 5) is 23.7. The highest BCUT2D eigenvalue weighted by molar-refractivity contribution is 5.82. The summed E-state index contributed by atoms with van der Waals surface area (Å²) in [5.74, 6) is -1.03. The predicted octanol–water partition coefficient (Wildman–Crippen LogP) is -0.109. The summed E-state index contributed by atoms with van der Waals surface area (Å²) >= 11 is 0. The molecule has 1 atom stereocenters. The Morgan fingerprint density at radius 2 is 2.33 bits per heavy atom. The molecule has 6 heteroatoms. The lowest BCUT2D eigenvalue weighted by Crippen LogP contribution is -2.55. The molecule has 0 saturated carbocycles. The third kappa shape index (κ3) is 3.09. The van der Waals surface area contributed by atoms with Crippen LogP contribution in [0.15, 0.2) is 0 Å². The Bertz CT molecular complexity index is 244. The number of carbonyl (C=O) groups is 2. The molecule has 6 nitrogen and oxygen atoms in total. The topological polar surface area (TPSA) is 78.9 Å². The van der Waals surface area contributed by atoms with E-state index in [0.29, 0.717) is 19.7 Å². The van der Waals surface area contributed by atoms with E-state index in [1.54, 1.807) is 0 Å². The van der Waals surface area contributed by atoms with Crippen molar-refractivity contribution in [2.24, 2.45) is 0 Å². The van der Waals surface area contributed by atoms with Gasteiger partial charge in [-0.25, -0.2) is 9.59 Å². The van der Waals surface area contributed by atoms with E-state index >= 15 is 0 Å². The van der Waals surface area contributed by atoms with Crippen LogP contribution in [0.1, 0.15) is 13.3 Å². The number of rotatable bonds is 3. The number of morpholine rings is 1. The molecule has 15 heavy (non-hydrogen) atoms. The molecule has 0 aliphatic carbocycles. The molecule has 1 unspecified atom stereocenters. The normalized spacial score (nSPS) is 21.1. The number of hydrogen-bond donors (Lipinski definition) is 2. The van der Waals surface area contributed by atoms with Crippen molar-refractivity contribution in [3.05, 3.63) is 0 Å². The van der Waals surface area contributed by atoms with Gasteiger partial charge in [0.05, 0.1) is 13.2 Å². The summed E-state index contributed by atoms with van der Waals surface area (Å²) in [7, 11) is 0. The fraction of sp³-hybridized carbons (Fsp3) is 0.778. The molecule has 1 aliphatic heterocycles. The zero-order valence-corrected chi connectivity index (χ0v) is 8.73. The average Bonchev–Trinajstić information content (AvgIpc) is 2.25. The number of ether oxygens (including phenoxy) is 1. The van der Waals surface area contributed by atoms with Crippen LogP contribution in [0.25, 0.3) is 0 Å². The molecule has 1 aliphatic rings. The molecule has 0 aromatic heterocycles. The second-order valence-corrected chi connectivity index (χ2v) is 3.35. The van der Waals surface area contributed by atoms with Crippen LogP contribution in [0.5, 0.6) is 0 Å². The fourth-order valence-electron chi connectivity index (χ4n) is 1.38. The smallest absolute Gasteiger partial charge is 0.328 e. The van der Waals surface area contributed by atoms with E-state index in [-0.39, 0.29) is 12.6 Å². The maximum atomic E-state index is 11.6. The summed E-state index contributed by atoms with van der Waals surface area (Å²) in [6, 6.07) is -1.19. The van der Waals surface area contributed by atoms with Gasteiger partial charge in [0.25, 0.3) is 0 Å². The van der Waals surface area contributed by atoms with E-state index < -0.39 is 12.0 Å². The maximum Gasteiger partial charge on any atom is 0.328 e.